The van der Waals surface area contributed by atoms with Crippen LogP contribution in [0.15, 0.2) is 24.3 Å². The molecule has 1 heterocycles. The number of nitrogens with two attached hydrogens (primary N) is 1. The molecule has 1 saturated heterocycles. The number of rotatable bonds is 2. The van der Waals surface area contributed by atoms with Gasteiger partial charge in [0.05, 0.1) is 5.41 Å². The molecule has 21 heavy (non-hydrogen) atoms. The van der Waals surface area contributed by atoms with Crippen molar-refractivity contribution in [2.24, 2.45) is 5.73 Å². The van der Waals surface area contributed by atoms with Gasteiger partial charge in [0.1, 0.15) is 0 Å². The van der Waals surface area contributed by atoms with E-state index in [2.05, 4.69) is 31.2 Å². The molecule has 1 aliphatic carbocycles. The molecule has 0 unspecified atom stereocenters. The molecule has 0 radical (unpaired) electrons. The molecule has 1 amide bonds. The van der Waals surface area contributed by atoms with E-state index in [0.717, 1.165) is 45.2 Å². The van der Waals surface area contributed by atoms with Gasteiger partial charge in [-0.1, -0.05) is 43.5 Å². The highest BCUT2D eigenvalue weighted by Crippen LogP contribution is 2.42. The molecule has 1 aliphatic heterocycles. The molecule has 3 nitrogen and oxygen atoms in total. The normalized spacial score (nSPS) is 25.0. The summed E-state index contributed by atoms with van der Waals surface area (Å²) < 4.78 is 0. The number of carbonyl (C=O) groups excluding carboxylic acids is 1. The molecule has 1 aromatic rings. The Morgan fingerprint density at radius 1 is 1.24 bits per heavy atom. The Morgan fingerprint density at radius 2 is 1.95 bits per heavy atom. The molecule has 2 N–H and O–H groups in total. The lowest BCUT2D eigenvalue weighted by Crippen LogP contribution is -2.48. The minimum atomic E-state index is -0.298. The van der Waals surface area contributed by atoms with Crippen LogP contribution in [0.3, 0.4) is 0 Å². The number of aryl methyl sites for hydroxylation is 1. The fourth-order valence-electron chi connectivity index (χ4n) is 4.14. The van der Waals surface area contributed by atoms with Gasteiger partial charge in [0, 0.05) is 19.1 Å². The standard InChI is InChI=1S/C18H26N2O/c1-14-7-3-4-8-16(14)18(10-5-2-6-11-18)17(21)20-12-9-15(19)13-20/h3-4,7-8,15H,2,5-6,9-13,19H2,1H3/t15-/m1/s1. The molecule has 114 valence electrons. The number of hydrogen-bond donors (Lipinski definition) is 1. The van der Waals surface area contributed by atoms with Gasteiger partial charge in [-0.3, -0.25) is 4.79 Å². The van der Waals surface area contributed by atoms with Crippen LogP contribution in [0.25, 0.3) is 0 Å². The number of hydrogen-bond acceptors (Lipinski definition) is 2. The minimum Gasteiger partial charge on any atom is -0.340 e. The Morgan fingerprint density at radius 3 is 2.57 bits per heavy atom. The summed E-state index contributed by atoms with van der Waals surface area (Å²) in [5.74, 6) is 0.324. The number of nitrogens with zero attached hydrogens (tertiary/aromatic N) is 1. The van der Waals surface area contributed by atoms with Crippen molar-refractivity contribution in [3.63, 3.8) is 0 Å². The maximum absolute atomic E-state index is 13.3. The van der Waals surface area contributed by atoms with E-state index in [1.54, 1.807) is 0 Å². The van der Waals surface area contributed by atoms with E-state index in [4.69, 9.17) is 5.73 Å². The first-order valence-electron chi connectivity index (χ1n) is 8.24. The maximum atomic E-state index is 13.3. The first kappa shape index (κ1) is 14.6. The summed E-state index contributed by atoms with van der Waals surface area (Å²) in [6, 6.07) is 8.59. The molecule has 1 saturated carbocycles. The lowest BCUT2D eigenvalue weighted by atomic mass is 9.67. The summed E-state index contributed by atoms with van der Waals surface area (Å²) in [6.07, 6.45) is 6.47. The van der Waals surface area contributed by atoms with E-state index < -0.39 is 0 Å². The van der Waals surface area contributed by atoms with Gasteiger partial charge < -0.3 is 10.6 Å². The van der Waals surface area contributed by atoms with Crippen molar-refractivity contribution in [2.75, 3.05) is 13.1 Å². The van der Waals surface area contributed by atoms with Gasteiger partial charge in [0.2, 0.25) is 5.91 Å². The van der Waals surface area contributed by atoms with E-state index in [-0.39, 0.29) is 11.5 Å². The van der Waals surface area contributed by atoms with Crippen molar-refractivity contribution in [1.82, 2.24) is 4.90 Å². The van der Waals surface area contributed by atoms with Crippen LogP contribution < -0.4 is 5.73 Å². The second-order valence-electron chi connectivity index (χ2n) is 6.76. The lowest BCUT2D eigenvalue weighted by molar-refractivity contribution is -0.137. The zero-order valence-electron chi connectivity index (χ0n) is 13.0. The zero-order valence-corrected chi connectivity index (χ0v) is 13.0. The monoisotopic (exact) mass is 286 g/mol. The second kappa shape index (κ2) is 5.80. The molecule has 3 heteroatoms. The van der Waals surface area contributed by atoms with Gasteiger partial charge in [-0.05, 0) is 37.3 Å². The van der Waals surface area contributed by atoms with E-state index >= 15 is 0 Å². The topological polar surface area (TPSA) is 46.3 Å². The Balaban J connectivity index is 1.97. The van der Waals surface area contributed by atoms with Crippen molar-refractivity contribution in [1.29, 1.82) is 0 Å². The molecule has 3 rings (SSSR count). The Hall–Kier alpha value is -1.35. The summed E-state index contributed by atoms with van der Waals surface area (Å²) in [5, 5.41) is 0. The molecular weight excluding hydrogens is 260 g/mol. The predicted molar refractivity (Wildman–Crippen MR) is 85.1 cm³/mol. The molecule has 1 aromatic carbocycles. The molecule has 0 spiro atoms. The molecule has 0 aromatic heterocycles. The Kier molecular flexibility index (Phi) is 4.03. The molecule has 1 atom stereocenters. The van der Waals surface area contributed by atoms with E-state index in [1.807, 2.05) is 4.90 Å². The Bertz CT molecular complexity index is 520. The lowest BCUT2D eigenvalue weighted by Gasteiger charge is -2.40. The highest BCUT2D eigenvalue weighted by Gasteiger charge is 2.45. The van der Waals surface area contributed by atoms with Gasteiger partial charge in [0.25, 0.3) is 0 Å². The van der Waals surface area contributed by atoms with E-state index in [1.165, 1.54) is 17.5 Å². The first-order chi connectivity index (χ1) is 10.1. The second-order valence-corrected chi connectivity index (χ2v) is 6.76. The number of benzene rings is 1. The largest absolute Gasteiger partial charge is 0.340 e. The smallest absolute Gasteiger partial charge is 0.233 e. The first-order valence-corrected chi connectivity index (χ1v) is 8.24. The van der Waals surface area contributed by atoms with Crippen LogP contribution in [0.1, 0.15) is 49.7 Å². The van der Waals surface area contributed by atoms with Crippen LogP contribution >= 0.6 is 0 Å². The average Bonchev–Trinajstić information content (AvgIpc) is 2.94. The van der Waals surface area contributed by atoms with Crippen molar-refractivity contribution in [3.05, 3.63) is 35.4 Å². The molecular formula is C18H26N2O. The van der Waals surface area contributed by atoms with Crippen LogP contribution in [0.5, 0.6) is 0 Å². The number of likely N-dealkylation sites (tertiary alicyclic amines) is 1. The predicted octanol–water partition coefficient (Wildman–Crippen LogP) is 2.76. The summed E-state index contributed by atoms with van der Waals surface area (Å²) >= 11 is 0. The number of amides is 1. The van der Waals surface area contributed by atoms with E-state index in [9.17, 15) is 4.79 Å². The van der Waals surface area contributed by atoms with Crippen LogP contribution in [-0.2, 0) is 10.2 Å². The summed E-state index contributed by atoms with van der Waals surface area (Å²) in [5.41, 5.74) is 8.20. The summed E-state index contributed by atoms with van der Waals surface area (Å²) in [4.78, 5) is 15.3. The third-order valence-corrected chi connectivity index (χ3v) is 5.29. The summed E-state index contributed by atoms with van der Waals surface area (Å²) in [7, 11) is 0. The van der Waals surface area contributed by atoms with Crippen LogP contribution in [0.2, 0.25) is 0 Å². The third kappa shape index (κ3) is 2.59. The highest BCUT2D eigenvalue weighted by molar-refractivity contribution is 5.89. The molecule has 0 bridgehead atoms. The van der Waals surface area contributed by atoms with Gasteiger partial charge in [-0.25, -0.2) is 0 Å². The van der Waals surface area contributed by atoms with Gasteiger partial charge in [-0.2, -0.15) is 0 Å². The number of carbonyl (C=O) groups is 1. The highest BCUT2D eigenvalue weighted by atomic mass is 16.2. The van der Waals surface area contributed by atoms with Crippen LogP contribution in [-0.4, -0.2) is 29.9 Å². The fraction of sp³-hybridized carbons (Fsp3) is 0.611. The minimum absolute atomic E-state index is 0.159. The average molecular weight is 286 g/mol. The molecule has 2 fully saturated rings. The van der Waals surface area contributed by atoms with Crippen molar-refractivity contribution in [3.8, 4) is 0 Å². The van der Waals surface area contributed by atoms with Gasteiger partial charge in [0.15, 0.2) is 0 Å². The van der Waals surface area contributed by atoms with Crippen LogP contribution in [0.4, 0.5) is 0 Å². The summed E-state index contributed by atoms with van der Waals surface area (Å²) in [6.45, 7) is 3.69. The zero-order chi connectivity index (χ0) is 14.9. The maximum Gasteiger partial charge on any atom is 0.233 e. The van der Waals surface area contributed by atoms with Crippen molar-refractivity contribution < 1.29 is 4.79 Å². The van der Waals surface area contributed by atoms with Crippen LogP contribution in [0, 0.1) is 6.92 Å². The van der Waals surface area contributed by atoms with E-state index in [0.29, 0.717) is 5.91 Å². The quantitative estimate of drug-likeness (QED) is 0.908. The fourth-order valence-corrected chi connectivity index (χ4v) is 4.14. The van der Waals surface area contributed by atoms with Crippen molar-refractivity contribution >= 4 is 5.91 Å². The SMILES string of the molecule is Cc1ccccc1C1(C(=O)N2CC[C@@H](N)C2)CCCCC1. The Labute approximate surface area is 127 Å². The third-order valence-electron chi connectivity index (χ3n) is 5.29. The van der Waals surface area contributed by atoms with Gasteiger partial charge >= 0.3 is 0 Å². The molecule has 2 aliphatic rings. The van der Waals surface area contributed by atoms with Crippen molar-refractivity contribution in [2.45, 2.75) is 56.9 Å². The van der Waals surface area contributed by atoms with Gasteiger partial charge in [-0.15, -0.1) is 0 Å².